The van der Waals surface area contributed by atoms with E-state index in [0.717, 1.165) is 29.1 Å². The summed E-state index contributed by atoms with van der Waals surface area (Å²) < 4.78 is 5.22. The molecule has 2 aromatic carbocycles. The Morgan fingerprint density at radius 1 is 1.00 bits per heavy atom. The predicted molar refractivity (Wildman–Crippen MR) is 84.6 cm³/mol. The SMILES string of the molecule is COc1ccc(-c2c(Cc3ccccc3)n[nH]c2C)cc1. The maximum absolute atomic E-state index is 5.22. The minimum Gasteiger partial charge on any atom is -0.497 e. The van der Waals surface area contributed by atoms with Crippen LogP contribution in [0.1, 0.15) is 17.0 Å². The van der Waals surface area contributed by atoms with Crippen molar-refractivity contribution in [2.75, 3.05) is 7.11 Å². The molecule has 3 heteroatoms. The molecule has 1 heterocycles. The second-order valence-electron chi connectivity index (χ2n) is 5.06. The topological polar surface area (TPSA) is 37.9 Å². The van der Waals surface area contributed by atoms with E-state index in [2.05, 4.69) is 53.5 Å². The molecule has 3 rings (SSSR count). The van der Waals surface area contributed by atoms with Gasteiger partial charge in [-0.3, -0.25) is 5.10 Å². The van der Waals surface area contributed by atoms with Crippen molar-refractivity contribution >= 4 is 0 Å². The van der Waals surface area contributed by atoms with Gasteiger partial charge in [0.2, 0.25) is 0 Å². The molecule has 0 aliphatic heterocycles. The van der Waals surface area contributed by atoms with Crippen LogP contribution in [0.2, 0.25) is 0 Å². The fraction of sp³-hybridized carbons (Fsp3) is 0.167. The molecule has 0 saturated carbocycles. The first-order chi connectivity index (χ1) is 10.3. The molecule has 0 unspecified atom stereocenters. The van der Waals surface area contributed by atoms with Crippen molar-refractivity contribution in [2.24, 2.45) is 0 Å². The van der Waals surface area contributed by atoms with Gasteiger partial charge in [0.05, 0.1) is 12.8 Å². The van der Waals surface area contributed by atoms with E-state index < -0.39 is 0 Å². The third kappa shape index (κ3) is 2.82. The smallest absolute Gasteiger partial charge is 0.118 e. The van der Waals surface area contributed by atoms with E-state index in [-0.39, 0.29) is 0 Å². The number of H-pyrrole nitrogens is 1. The van der Waals surface area contributed by atoms with Crippen LogP contribution >= 0.6 is 0 Å². The monoisotopic (exact) mass is 278 g/mol. The summed E-state index contributed by atoms with van der Waals surface area (Å²) in [4.78, 5) is 0. The second-order valence-corrected chi connectivity index (χ2v) is 5.06. The van der Waals surface area contributed by atoms with E-state index in [4.69, 9.17) is 4.74 Å². The summed E-state index contributed by atoms with van der Waals surface area (Å²) in [6.45, 7) is 2.06. The number of ether oxygens (including phenoxy) is 1. The van der Waals surface area contributed by atoms with Crippen LogP contribution in [0.3, 0.4) is 0 Å². The molecule has 106 valence electrons. The average molecular weight is 278 g/mol. The third-order valence-corrected chi connectivity index (χ3v) is 3.62. The zero-order valence-corrected chi connectivity index (χ0v) is 12.3. The molecule has 1 N–H and O–H groups in total. The zero-order chi connectivity index (χ0) is 14.7. The van der Waals surface area contributed by atoms with E-state index in [1.807, 2.05) is 18.2 Å². The van der Waals surface area contributed by atoms with E-state index >= 15 is 0 Å². The largest absolute Gasteiger partial charge is 0.497 e. The molecule has 1 aromatic heterocycles. The fourth-order valence-corrected chi connectivity index (χ4v) is 2.54. The van der Waals surface area contributed by atoms with Gasteiger partial charge in [0, 0.05) is 17.7 Å². The van der Waals surface area contributed by atoms with Crippen molar-refractivity contribution in [3.63, 3.8) is 0 Å². The highest BCUT2D eigenvalue weighted by molar-refractivity contribution is 5.69. The van der Waals surface area contributed by atoms with Crippen molar-refractivity contribution < 1.29 is 4.74 Å². The third-order valence-electron chi connectivity index (χ3n) is 3.62. The summed E-state index contributed by atoms with van der Waals surface area (Å²) in [5.74, 6) is 0.865. The lowest BCUT2D eigenvalue weighted by atomic mass is 9.99. The van der Waals surface area contributed by atoms with Crippen LogP contribution < -0.4 is 4.74 Å². The molecule has 0 bridgehead atoms. The quantitative estimate of drug-likeness (QED) is 0.783. The number of aromatic nitrogens is 2. The molecule has 0 amide bonds. The van der Waals surface area contributed by atoms with Gasteiger partial charge in [-0.1, -0.05) is 42.5 Å². The summed E-state index contributed by atoms with van der Waals surface area (Å²) in [5.41, 5.74) is 5.77. The first-order valence-corrected chi connectivity index (χ1v) is 7.00. The maximum Gasteiger partial charge on any atom is 0.118 e. The molecule has 3 nitrogen and oxygen atoms in total. The minimum absolute atomic E-state index is 0.826. The summed E-state index contributed by atoms with van der Waals surface area (Å²) >= 11 is 0. The number of nitrogens with zero attached hydrogens (tertiary/aromatic N) is 1. The number of aromatic amines is 1. The van der Waals surface area contributed by atoms with Crippen molar-refractivity contribution in [3.05, 3.63) is 71.5 Å². The lowest BCUT2D eigenvalue weighted by Gasteiger charge is -2.06. The summed E-state index contributed by atoms with van der Waals surface area (Å²) in [5, 5.41) is 7.58. The van der Waals surface area contributed by atoms with Crippen LogP contribution in [0.4, 0.5) is 0 Å². The van der Waals surface area contributed by atoms with E-state index in [9.17, 15) is 0 Å². The molecule has 3 aromatic rings. The highest BCUT2D eigenvalue weighted by Gasteiger charge is 2.13. The Morgan fingerprint density at radius 3 is 2.38 bits per heavy atom. The van der Waals surface area contributed by atoms with Gasteiger partial charge >= 0.3 is 0 Å². The number of rotatable bonds is 4. The number of methoxy groups -OCH3 is 1. The molecule has 21 heavy (non-hydrogen) atoms. The molecule has 0 aliphatic carbocycles. The molecule has 0 atom stereocenters. The van der Waals surface area contributed by atoms with Crippen molar-refractivity contribution in [1.82, 2.24) is 10.2 Å². The second kappa shape index (κ2) is 5.83. The molecular formula is C18H18N2O. The zero-order valence-electron chi connectivity index (χ0n) is 12.3. The summed E-state index contributed by atoms with van der Waals surface area (Å²) in [6.07, 6.45) is 0.826. The Bertz CT molecular complexity index is 715. The van der Waals surface area contributed by atoms with Gasteiger partial charge < -0.3 is 4.74 Å². The van der Waals surface area contributed by atoms with Gasteiger partial charge in [-0.15, -0.1) is 0 Å². The van der Waals surface area contributed by atoms with Crippen LogP contribution in [0.25, 0.3) is 11.1 Å². The van der Waals surface area contributed by atoms with Crippen molar-refractivity contribution in [2.45, 2.75) is 13.3 Å². The Morgan fingerprint density at radius 2 is 1.71 bits per heavy atom. The number of hydrogen-bond acceptors (Lipinski definition) is 2. The van der Waals surface area contributed by atoms with Gasteiger partial charge in [-0.25, -0.2) is 0 Å². The Labute approximate surface area is 124 Å². The molecule has 0 spiro atoms. The Kier molecular flexibility index (Phi) is 3.73. The van der Waals surface area contributed by atoms with E-state index in [0.29, 0.717) is 0 Å². The van der Waals surface area contributed by atoms with Crippen LogP contribution in [-0.4, -0.2) is 17.3 Å². The standard InChI is InChI=1S/C18H18N2O/c1-13-18(15-8-10-16(21-2)11-9-15)17(20-19-13)12-14-6-4-3-5-7-14/h3-11H,12H2,1-2H3,(H,19,20). The molecular weight excluding hydrogens is 260 g/mol. The number of hydrogen-bond donors (Lipinski definition) is 1. The Hall–Kier alpha value is -2.55. The van der Waals surface area contributed by atoms with E-state index in [1.165, 1.54) is 11.1 Å². The Balaban J connectivity index is 1.96. The molecule has 0 radical (unpaired) electrons. The van der Waals surface area contributed by atoms with E-state index in [1.54, 1.807) is 7.11 Å². The van der Waals surface area contributed by atoms with Crippen LogP contribution in [0.15, 0.2) is 54.6 Å². The number of nitrogens with one attached hydrogen (secondary N) is 1. The van der Waals surface area contributed by atoms with Crippen molar-refractivity contribution in [3.8, 4) is 16.9 Å². The first kappa shape index (κ1) is 13.4. The van der Waals surface area contributed by atoms with Crippen LogP contribution in [0.5, 0.6) is 5.75 Å². The summed E-state index contributed by atoms with van der Waals surface area (Å²) in [7, 11) is 1.68. The van der Waals surface area contributed by atoms with Gasteiger partial charge in [-0.05, 0) is 30.2 Å². The van der Waals surface area contributed by atoms with Crippen LogP contribution in [-0.2, 0) is 6.42 Å². The van der Waals surface area contributed by atoms with Crippen molar-refractivity contribution in [1.29, 1.82) is 0 Å². The maximum atomic E-state index is 5.22. The normalized spacial score (nSPS) is 10.6. The fourth-order valence-electron chi connectivity index (χ4n) is 2.54. The van der Waals surface area contributed by atoms with Gasteiger partial charge in [-0.2, -0.15) is 5.10 Å². The lowest BCUT2D eigenvalue weighted by molar-refractivity contribution is 0.415. The first-order valence-electron chi connectivity index (χ1n) is 7.00. The highest BCUT2D eigenvalue weighted by Crippen LogP contribution is 2.28. The molecule has 0 aliphatic rings. The molecule has 0 fully saturated rings. The molecule has 0 saturated heterocycles. The lowest BCUT2D eigenvalue weighted by Crippen LogP contribution is -1.92. The van der Waals surface area contributed by atoms with Gasteiger partial charge in [0.25, 0.3) is 0 Å². The van der Waals surface area contributed by atoms with Gasteiger partial charge in [0.15, 0.2) is 0 Å². The van der Waals surface area contributed by atoms with Gasteiger partial charge in [0.1, 0.15) is 5.75 Å². The summed E-state index contributed by atoms with van der Waals surface area (Å²) in [6, 6.07) is 18.5. The number of aryl methyl sites for hydroxylation is 1. The minimum atomic E-state index is 0.826. The van der Waals surface area contributed by atoms with Crippen LogP contribution in [0, 0.1) is 6.92 Å². The highest BCUT2D eigenvalue weighted by atomic mass is 16.5. The number of benzene rings is 2. The predicted octanol–water partition coefficient (Wildman–Crippen LogP) is 3.98. The average Bonchev–Trinajstić information content (AvgIpc) is 2.89.